The molecule has 0 heterocycles. The predicted octanol–water partition coefficient (Wildman–Crippen LogP) is 3.91. The van der Waals surface area contributed by atoms with E-state index in [0.29, 0.717) is 30.2 Å². The van der Waals surface area contributed by atoms with E-state index in [0.717, 1.165) is 10.2 Å². The van der Waals surface area contributed by atoms with Crippen LogP contribution in [0.2, 0.25) is 0 Å². The Kier molecular flexibility index (Phi) is 6.29. The lowest BCUT2D eigenvalue weighted by Crippen LogP contribution is -2.16. The van der Waals surface area contributed by atoms with Crippen LogP contribution in [0.1, 0.15) is 6.42 Å². The third-order valence-electron chi connectivity index (χ3n) is 3.19. The van der Waals surface area contributed by atoms with Crippen LogP contribution in [0.4, 0.5) is 11.4 Å². The molecule has 23 heavy (non-hydrogen) atoms. The fourth-order valence-corrected chi connectivity index (χ4v) is 2.29. The van der Waals surface area contributed by atoms with Crippen LogP contribution in [0.5, 0.6) is 11.5 Å². The Morgan fingerprint density at radius 2 is 1.65 bits per heavy atom. The average Bonchev–Trinajstić information content (AvgIpc) is 2.56. The lowest BCUT2D eigenvalue weighted by Gasteiger charge is -2.11. The molecular formula is C17H19BrN2O3. The van der Waals surface area contributed by atoms with E-state index in [-0.39, 0.29) is 5.91 Å². The minimum absolute atomic E-state index is 0.0677. The second kappa shape index (κ2) is 8.43. The van der Waals surface area contributed by atoms with Crippen molar-refractivity contribution in [2.75, 3.05) is 31.4 Å². The number of benzene rings is 2. The summed E-state index contributed by atoms with van der Waals surface area (Å²) in [6.45, 7) is 0.556. The highest BCUT2D eigenvalue weighted by atomic mass is 79.9. The first-order valence-corrected chi connectivity index (χ1v) is 7.93. The van der Waals surface area contributed by atoms with Crippen molar-refractivity contribution in [2.24, 2.45) is 0 Å². The highest BCUT2D eigenvalue weighted by Crippen LogP contribution is 2.29. The maximum Gasteiger partial charge on any atom is 0.226 e. The number of carbonyl (C=O) groups is 1. The first-order chi connectivity index (χ1) is 11.1. The van der Waals surface area contributed by atoms with Gasteiger partial charge in [0.15, 0.2) is 11.5 Å². The summed E-state index contributed by atoms with van der Waals surface area (Å²) in [5.41, 5.74) is 1.66. The zero-order valence-corrected chi connectivity index (χ0v) is 14.6. The van der Waals surface area contributed by atoms with Crippen molar-refractivity contribution < 1.29 is 14.3 Å². The molecule has 0 unspecified atom stereocenters. The number of hydrogen-bond donors (Lipinski definition) is 2. The van der Waals surface area contributed by atoms with Gasteiger partial charge in [0.05, 0.1) is 14.2 Å². The molecular weight excluding hydrogens is 360 g/mol. The zero-order valence-electron chi connectivity index (χ0n) is 13.1. The van der Waals surface area contributed by atoms with Crippen LogP contribution in [-0.2, 0) is 4.79 Å². The SMILES string of the molecule is COc1ccc(NC(=O)CCNc2ccc(Br)cc2)cc1OC. The van der Waals surface area contributed by atoms with Gasteiger partial charge in [-0.2, -0.15) is 0 Å². The summed E-state index contributed by atoms with van der Waals surface area (Å²) >= 11 is 3.38. The van der Waals surface area contributed by atoms with Gasteiger partial charge in [-0.15, -0.1) is 0 Å². The van der Waals surface area contributed by atoms with E-state index in [9.17, 15) is 4.79 Å². The Balaban J connectivity index is 1.83. The molecule has 122 valence electrons. The number of carbonyl (C=O) groups excluding carboxylic acids is 1. The Morgan fingerprint density at radius 1 is 1.00 bits per heavy atom. The Morgan fingerprint density at radius 3 is 2.30 bits per heavy atom. The number of anilines is 2. The Bertz CT molecular complexity index is 659. The summed E-state index contributed by atoms with van der Waals surface area (Å²) in [6, 6.07) is 13.1. The minimum atomic E-state index is -0.0677. The molecule has 0 radical (unpaired) electrons. The summed E-state index contributed by atoms with van der Waals surface area (Å²) in [7, 11) is 3.13. The lowest BCUT2D eigenvalue weighted by atomic mass is 10.2. The summed E-state index contributed by atoms with van der Waals surface area (Å²) in [5, 5.41) is 6.04. The van der Waals surface area contributed by atoms with Gasteiger partial charge in [0.25, 0.3) is 0 Å². The van der Waals surface area contributed by atoms with Gasteiger partial charge in [-0.3, -0.25) is 4.79 Å². The van der Waals surface area contributed by atoms with Crippen molar-refractivity contribution in [3.63, 3.8) is 0 Å². The van der Waals surface area contributed by atoms with Crippen LogP contribution in [0.25, 0.3) is 0 Å². The van der Waals surface area contributed by atoms with Crippen molar-refractivity contribution in [3.05, 3.63) is 46.9 Å². The smallest absolute Gasteiger partial charge is 0.226 e. The molecule has 0 aliphatic carbocycles. The van der Waals surface area contributed by atoms with E-state index in [4.69, 9.17) is 9.47 Å². The van der Waals surface area contributed by atoms with Gasteiger partial charge in [0.1, 0.15) is 0 Å². The van der Waals surface area contributed by atoms with Crippen LogP contribution in [0, 0.1) is 0 Å². The number of hydrogen-bond acceptors (Lipinski definition) is 4. The maximum atomic E-state index is 12.0. The fourth-order valence-electron chi connectivity index (χ4n) is 2.03. The van der Waals surface area contributed by atoms with Gasteiger partial charge in [0.2, 0.25) is 5.91 Å². The van der Waals surface area contributed by atoms with E-state index in [1.54, 1.807) is 32.4 Å². The van der Waals surface area contributed by atoms with Gasteiger partial charge in [-0.1, -0.05) is 15.9 Å². The fraction of sp³-hybridized carbons (Fsp3) is 0.235. The van der Waals surface area contributed by atoms with E-state index in [2.05, 4.69) is 26.6 Å². The van der Waals surface area contributed by atoms with Gasteiger partial charge in [0, 0.05) is 34.9 Å². The summed E-state index contributed by atoms with van der Waals surface area (Å²) < 4.78 is 11.4. The standard InChI is InChI=1S/C17H19BrN2O3/c1-22-15-8-7-14(11-16(15)23-2)20-17(21)9-10-19-13-5-3-12(18)4-6-13/h3-8,11,19H,9-10H2,1-2H3,(H,20,21). The lowest BCUT2D eigenvalue weighted by molar-refractivity contribution is -0.115. The minimum Gasteiger partial charge on any atom is -0.493 e. The molecule has 0 fully saturated rings. The molecule has 0 saturated heterocycles. The largest absolute Gasteiger partial charge is 0.493 e. The number of methoxy groups -OCH3 is 2. The highest BCUT2D eigenvalue weighted by molar-refractivity contribution is 9.10. The second-order valence-electron chi connectivity index (χ2n) is 4.80. The van der Waals surface area contributed by atoms with Crippen molar-refractivity contribution in [1.29, 1.82) is 0 Å². The number of ether oxygens (including phenoxy) is 2. The Labute approximate surface area is 144 Å². The first kappa shape index (κ1) is 17.1. The van der Waals surface area contributed by atoms with Crippen molar-refractivity contribution >= 4 is 33.2 Å². The van der Waals surface area contributed by atoms with Crippen LogP contribution < -0.4 is 20.1 Å². The monoisotopic (exact) mass is 378 g/mol. The molecule has 0 bridgehead atoms. The third-order valence-corrected chi connectivity index (χ3v) is 3.72. The zero-order chi connectivity index (χ0) is 16.7. The molecule has 0 aromatic heterocycles. The number of halogens is 1. The van der Waals surface area contributed by atoms with E-state index in [1.807, 2.05) is 24.3 Å². The van der Waals surface area contributed by atoms with Gasteiger partial charge in [-0.05, 0) is 36.4 Å². The second-order valence-corrected chi connectivity index (χ2v) is 5.72. The quantitative estimate of drug-likeness (QED) is 0.766. The van der Waals surface area contributed by atoms with E-state index >= 15 is 0 Å². The van der Waals surface area contributed by atoms with Gasteiger partial charge in [-0.25, -0.2) is 0 Å². The van der Waals surface area contributed by atoms with Crippen molar-refractivity contribution in [3.8, 4) is 11.5 Å². The molecule has 6 heteroatoms. The summed E-state index contributed by atoms with van der Waals surface area (Å²) in [5.74, 6) is 1.14. The molecule has 2 aromatic carbocycles. The number of rotatable bonds is 7. The molecule has 0 aliphatic heterocycles. The number of amides is 1. The van der Waals surface area contributed by atoms with E-state index < -0.39 is 0 Å². The molecule has 2 rings (SSSR count). The first-order valence-electron chi connectivity index (χ1n) is 7.13. The van der Waals surface area contributed by atoms with Gasteiger partial charge < -0.3 is 20.1 Å². The topological polar surface area (TPSA) is 59.6 Å². The van der Waals surface area contributed by atoms with Gasteiger partial charge >= 0.3 is 0 Å². The maximum absolute atomic E-state index is 12.0. The molecule has 0 spiro atoms. The third kappa shape index (κ3) is 5.17. The van der Waals surface area contributed by atoms with Crippen LogP contribution >= 0.6 is 15.9 Å². The molecule has 2 N–H and O–H groups in total. The summed E-state index contributed by atoms with van der Waals surface area (Å²) in [6.07, 6.45) is 0.365. The van der Waals surface area contributed by atoms with E-state index in [1.165, 1.54) is 0 Å². The molecule has 0 aliphatic rings. The van der Waals surface area contributed by atoms with Crippen molar-refractivity contribution in [1.82, 2.24) is 0 Å². The molecule has 1 amide bonds. The molecule has 2 aromatic rings. The van der Waals surface area contributed by atoms with Crippen molar-refractivity contribution in [2.45, 2.75) is 6.42 Å². The number of nitrogens with one attached hydrogen (secondary N) is 2. The molecule has 0 saturated carbocycles. The summed E-state index contributed by atoms with van der Waals surface area (Å²) in [4.78, 5) is 12.0. The van der Waals surface area contributed by atoms with Crippen LogP contribution in [0.15, 0.2) is 46.9 Å². The van der Waals surface area contributed by atoms with Crippen LogP contribution in [0.3, 0.4) is 0 Å². The molecule has 5 nitrogen and oxygen atoms in total. The Hall–Kier alpha value is -2.21. The molecule has 0 atom stereocenters. The highest BCUT2D eigenvalue weighted by Gasteiger charge is 2.07. The average molecular weight is 379 g/mol. The van der Waals surface area contributed by atoms with Crippen LogP contribution in [-0.4, -0.2) is 26.7 Å². The predicted molar refractivity (Wildman–Crippen MR) is 95.4 cm³/mol. The normalized spacial score (nSPS) is 10.0.